The highest BCUT2D eigenvalue weighted by Gasteiger charge is 2.29. The zero-order valence-electron chi connectivity index (χ0n) is 8.31. The molecule has 1 aliphatic carbocycles. The van der Waals surface area contributed by atoms with Gasteiger partial charge in [0.15, 0.2) is 0 Å². The summed E-state index contributed by atoms with van der Waals surface area (Å²) < 4.78 is 0. The molecule has 70 valence electrons. The second-order valence-corrected chi connectivity index (χ2v) is 4.95. The predicted octanol–water partition coefficient (Wildman–Crippen LogP) is 3.85. The summed E-state index contributed by atoms with van der Waals surface area (Å²) in [5.41, 5.74) is 1.24. The van der Waals surface area contributed by atoms with Crippen LogP contribution in [0.25, 0.3) is 0 Å². The van der Waals surface area contributed by atoms with Crippen LogP contribution in [0.4, 0.5) is 0 Å². The van der Waals surface area contributed by atoms with Gasteiger partial charge in [0.05, 0.1) is 5.38 Å². The number of rotatable bonds is 1. The van der Waals surface area contributed by atoms with Crippen molar-refractivity contribution in [3.05, 3.63) is 12.2 Å². The Bertz CT molecular complexity index is 158. The van der Waals surface area contributed by atoms with E-state index in [0.29, 0.717) is 5.92 Å². The number of hydrogen-bond acceptors (Lipinski definition) is 0. The third-order valence-electron chi connectivity index (χ3n) is 3.14. The highest BCUT2D eigenvalue weighted by molar-refractivity contribution is 6.22. The summed E-state index contributed by atoms with van der Waals surface area (Å²) in [5, 5.41) is 0.223. The lowest BCUT2D eigenvalue weighted by atomic mass is 9.74. The summed E-state index contributed by atoms with van der Waals surface area (Å²) in [7, 11) is 0. The maximum absolute atomic E-state index is 6.20. The summed E-state index contributed by atoms with van der Waals surface area (Å²) in [6, 6.07) is 0. The predicted molar refractivity (Wildman–Crippen MR) is 55.5 cm³/mol. The van der Waals surface area contributed by atoms with Crippen molar-refractivity contribution in [1.29, 1.82) is 0 Å². The van der Waals surface area contributed by atoms with E-state index in [1.54, 1.807) is 0 Å². The smallest absolute Gasteiger partial charge is 0.0548 e. The Morgan fingerprint density at radius 2 is 2.00 bits per heavy atom. The summed E-state index contributed by atoms with van der Waals surface area (Å²) in [6.45, 7) is 10.9. The third kappa shape index (κ3) is 2.04. The number of halogens is 1. The highest BCUT2D eigenvalue weighted by Crippen LogP contribution is 2.38. The molecule has 0 spiro atoms. The Labute approximate surface area is 81.0 Å². The fourth-order valence-corrected chi connectivity index (χ4v) is 2.42. The molecule has 0 aromatic heterocycles. The van der Waals surface area contributed by atoms with E-state index in [0.717, 1.165) is 18.3 Å². The fourth-order valence-electron chi connectivity index (χ4n) is 1.97. The van der Waals surface area contributed by atoms with Crippen molar-refractivity contribution in [1.82, 2.24) is 0 Å². The van der Waals surface area contributed by atoms with Crippen LogP contribution in [-0.2, 0) is 0 Å². The average molecular weight is 187 g/mol. The molecule has 0 amide bonds. The first-order valence-electron chi connectivity index (χ1n) is 4.85. The molecule has 0 N–H and O–H groups in total. The Morgan fingerprint density at radius 1 is 1.42 bits per heavy atom. The number of alkyl halides is 1. The Kier molecular flexibility index (Phi) is 3.22. The van der Waals surface area contributed by atoms with Gasteiger partial charge in [-0.1, -0.05) is 32.9 Å². The van der Waals surface area contributed by atoms with Gasteiger partial charge in [0.25, 0.3) is 0 Å². The van der Waals surface area contributed by atoms with Gasteiger partial charge in [-0.15, -0.1) is 11.6 Å². The third-order valence-corrected chi connectivity index (χ3v) is 3.60. The zero-order chi connectivity index (χ0) is 9.30. The van der Waals surface area contributed by atoms with Crippen LogP contribution in [0.15, 0.2) is 12.2 Å². The molecule has 3 atom stereocenters. The van der Waals surface area contributed by atoms with E-state index in [-0.39, 0.29) is 5.38 Å². The van der Waals surface area contributed by atoms with E-state index in [4.69, 9.17) is 11.6 Å². The molecule has 0 radical (unpaired) electrons. The second-order valence-electron chi connectivity index (χ2n) is 4.42. The monoisotopic (exact) mass is 186 g/mol. The van der Waals surface area contributed by atoms with E-state index >= 15 is 0 Å². The molecular weight excluding hydrogens is 168 g/mol. The minimum absolute atomic E-state index is 0.223. The Hall–Kier alpha value is 0.0300. The summed E-state index contributed by atoms with van der Waals surface area (Å²) in [5.74, 6) is 2.18. The van der Waals surface area contributed by atoms with Crippen LogP contribution in [0.5, 0.6) is 0 Å². The summed E-state index contributed by atoms with van der Waals surface area (Å²) in [6.07, 6.45) is 2.40. The average Bonchev–Trinajstić information content (AvgIpc) is 1.99. The van der Waals surface area contributed by atoms with E-state index in [1.165, 1.54) is 12.0 Å². The van der Waals surface area contributed by atoms with E-state index in [9.17, 15) is 0 Å². The van der Waals surface area contributed by atoms with Crippen LogP contribution >= 0.6 is 11.6 Å². The van der Waals surface area contributed by atoms with Crippen LogP contribution in [0.2, 0.25) is 0 Å². The maximum Gasteiger partial charge on any atom is 0.0548 e. The Morgan fingerprint density at radius 3 is 2.42 bits per heavy atom. The van der Waals surface area contributed by atoms with Gasteiger partial charge in [-0.05, 0) is 30.6 Å². The molecule has 1 saturated carbocycles. The first-order chi connectivity index (χ1) is 5.52. The topological polar surface area (TPSA) is 0 Å². The molecule has 0 saturated heterocycles. The van der Waals surface area contributed by atoms with E-state index in [2.05, 4.69) is 27.4 Å². The van der Waals surface area contributed by atoms with Crippen LogP contribution in [0.3, 0.4) is 0 Å². The van der Waals surface area contributed by atoms with Crippen LogP contribution < -0.4 is 0 Å². The first kappa shape index (κ1) is 10.1. The van der Waals surface area contributed by atoms with Gasteiger partial charge in [-0.25, -0.2) is 0 Å². The molecule has 12 heavy (non-hydrogen) atoms. The van der Waals surface area contributed by atoms with Crippen LogP contribution in [-0.4, -0.2) is 5.38 Å². The standard InChI is InChI=1S/C11H19Cl/c1-7(2)10-5-8(3)9(4)11(12)6-10/h7-8,10-11H,4-6H2,1-3H3. The lowest BCUT2D eigenvalue weighted by Crippen LogP contribution is -2.26. The SMILES string of the molecule is C=C1C(C)CC(C(C)C)CC1Cl. The van der Waals surface area contributed by atoms with Crippen molar-refractivity contribution in [3.8, 4) is 0 Å². The summed E-state index contributed by atoms with van der Waals surface area (Å²) >= 11 is 6.20. The van der Waals surface area contributed by atoms with Crippen molar-refractivity contribution >= 4 is 11.6 Å². The van der Waals surface area contributed by atoms with Crippen molar-refractivity contribution in [2.24, 2.45) is 17.8 Å². The molecule has 1 heteroatoms. The van der Waals surface area contributed by atoms with Gasteiger partial charge >= 0.3 is 0 Å². The zero-order valence-corrected chi connectivity index (χ0v) is 9.06. The highest BCUT2D eigenvalue weighted by atomic mass is 35.5. The molecule has 0 aliphatic heterocycles. The molecule has 1 fully saturated rings. The van der Waals surface area contributed by atoms with E-state index in [1.807, 2.05) is 0 Å². The molecule has 0 heterocycles. The minimum atomic E-state index is 0.223. The molecule has 0 bridgehead atoms. The molecule has 1 aliphatic rings. The van der Waals surface area contributed by atoms with Gasteiger partial charge in [-0.2, -0.15) is 0 Å². The molecule has 3 unspecified atom stereocenters. The number of allylic oxidation sites excluding steroid dienone is 1. The van der Waals surface area contributed by atoms with Crippen LogP contribution in [0.1, 0.15) is 33.6 Å². The number of hydrogen-bond donors (Lipinski definition) is 0. The maximum atomic E-state index is 6.20. The van der Waals surface area contributed by atoms with Gasteiger partial charge in [-0.3, -0.25) is 0 Å². The van der Waals surface area contributed by atoms with Crippen molar-refractivity contribution in [3.63, 3.8) is 0 Å². The van der Waals surface area contributed by atoms with Crippen molar-refractivity contribution < 1.29 is 0 Å². The lowest BCUT2D eigenvalue weighted by molar-refractivity contribution is 0.273. The van der Waals surface area contributed by atoms with E-state index < -0.39 is 0 Å². The van der Waals surface area contributed by atoms with Gasteiger partial charge < -0.3 is 0 Å². The Balaban J connectivity index is 2.59. The molecule has 1 rings (SSSR count). The van der Waals surface area contributed by atoms with Gasteiger partial charge in [0.2, 0.25) is 0 Å². The van der Waals surface area contributed by atoms with Gasteiger partial charge in [0.1, 0.15) is 0 Å². The summed E-state index contributed by atoms with van der Waals surface area (Å²) in [4.78, 5) is 0. The van der Waals surface area contributed by atoms with Crippen LogP contribution in [0, 0.1) is 17.8 Å². The minimum Gasteiger partial charge on any atom is -0.118 e. The quantitative estimate of drug-likeness (QED) is 0.431. The van der Waals surface area contributed by atoms with Crippen molar-refractivity contribution in [2.75, 3.05) is 0 Å². The molecule has 0 nitrogen and oxygen atoms in total. The normalized spacial score (nSPS) is 37.4. The largest absolute Gasteiger partial charge is 0.118 e. The molecule has 0 aromatic carbocycles. The van der Waals surface area contributed by atoms with Crippen molar-refractivity contribution in [2.45, 2.75) is 39.0 Å². The first-order valence-corrected chi connectivity index (χ1v) is 5.28. The van der Waals surface area contributed by atoms with Gasteiger partial charge in [0, 0.05) is 0 Å². The molecular formula is C11H19Cl. The second kappa shape index (κ2) is 3.83. The fraction of sp³-hybridized carbons (Fsp3) is 0.818. The lowest BCUT2D eigenvalue weighted by Gasteiger charge is -2.34. The molecule has 0 aromatic rings.